The molecule has 0 aliphatic heterocycles. The fourth-order valence-electron chi connectivity index (χ4n) is 2.04. The number of primary amides is 1. The molecule has 3 aromatic rings. The molecule has 92 valence electrons. The second-order valence-corrected chi connectivity index (χ2v) is 5.34. The standard InChI is InChI=1S/C16H11NOS/c17-16(18)7-3-4-11-8-9-15-13(10-11)12-5-1-2-6-14(12)19-15/h1-2,5-6,8-10H,7H2,(H2,17,18). The summed E-state index contributed by atoms with van der Waals surface area (Å²) in [5.74, 6) is 5.37. The van der Waals surface area contributed by atoms with Crippen molar-refractivity contribution in [2.45, 2.75) is 6.42 Å². The van der Waals surface area contributed by atoms with Crippen LogP contribution in [0.3, 0.4) is 0 Å². The Bertz CT molecular complexity index is 836. The van der Waals surface area contributed by atoms with Crippen molar-refractivity contribution in [2.24, 2.45) is 5.73 Å². The number of amides is 1. The largest absolute Gasteiger partial charge is 0.369 e. The molecule has 3 rings (SSSR count). The zero-order valence-corrected chi connectivity index (χ0v) is 11.0. The van der Waals surface area contributed by atoms with Gasteiger partial charge in [0.05, 0.1) is 6.42 Å². The molecule has 0 aliphatic carbocycles. The molecule has 0 unspecified atom stereocenters. The lowest BCUT2D eigenvalue weighted by Gasteiger charge is -1.93. The minimum atomic E-state index is -0.394. The Balaban J connectivity index is 2.10. The van der Waals surface area contributed by atoms with E-state index in [1.54, 1.807) is 11.3 Å². The van der Waals surface area contributed by atoms with E-state index in [0.717, 1.165) is 5.56 Å². The average Bonchev–Trinajstić information content (AvgIpc) is 2.76. The van der Waals surface area contributed by atoms with Gasteiger partial charge < -0.3 is 5.73 Å². The summed E-state index contributed by atoms with van der Waals surface area (Å²) in [4.78, 5) is 10.7. The molecule has 19 heavy (non-hydrogen) atoms. The summed E-state index contributed by atoms with van der Waals surface area (Å²) in [6, 6.07) is 14.5. The van der Waals surface area contributed by atoms with Gasteiger partial charge in [0.1, 0.15) is 0 Å². The van der Waals surface area contributed by atoms with Gasteiger partial charge in [-0.25, -0.2) is 0 Å². The Kier molecular flexibility index (Phi) is 2.94. The van der Waals surface area contributed by atoms with Crippen molar-refractivity contribution in [3.05, 3.63) is 48.0 Å². The van der Waals surface area contributed by atoms with Gasteiger partial charge in [-0.1, -0.05) is 30.0 Å². The Labute approximate surface area is 114 Å². The first kappa shape index (κ1) is 11.8. The van der Waals surface area contributed by atoms with Crippen LogP contribution >= 0.6 is 11.3 Å². The summed E-state index contributed by atoms with van der Waals surface area (Å²) in [5.41, 5.74) is 5.98. The van der Waals surface area contributed by atoms with E-state index in [4.69, 9.17) is 5.73 Å². The highest BCUT2D eigenvalue weighted by Gasteiger charge is 2.04. The van der Waals surface area contributed by atoms with Crippen LogP contribution in [0.25, 0.3) is 20.2 Å². The van der Waals surface area contributed by atoms with Gasteiger partial charge in [0.25, 0.3) is 0 Å². The molecule has 0 saturated carbocycles. The summed E-state index contributed by atoms with van der Waals surface area (Å²) in [6.45, 7) is 0. The van der Waals surface area contributed by atoms with Crippen LogP contribution in [0.1, 0.15) is 12.0 Å². The normalized spacial score (nSPS) is 10.3. The molecule has 0 spiro atoms. The number of benzene rings is 2. The maximum atomic E-state index is 10.7. The lowest BCUT2D eigenvalue weighted by molar-refractivity contribution is -0.117. The van der Waals surface area contributed by atoms with E-state index in [9.17, 15) is 4.79 Å². The minimum absolute atomic E-state index is 0.0996. The topological polar surface area (TPSA) is 43.1 Å². The van der Waals surface area contributed by atoms with Crippen LogP contribution < -0.4 is 5.73 Å². The van der Waals surface area contributed by atoms with Gasteiger partial charge in [-0.2, -0.15) is 0 Å². The quantitative estimate of drug-likeness (QED) is 0.674. The first-order valence-corrected chi connectivity index (χ1v) is 6.74. The average molecular weight is 265 g/mol. The van der Waals surface area contributed by atoms with Crippen LogP contribution in [0.5, 0.6) is 0 Å². The number of rotatable bonds is 1. The van der Waals surface area contributed by atoms with Crippen molar-refractivity contribution in [3.63, 3.8) is 0 Å². The molecule has 0 radical (unpaired) electrons. The highest BCUT2D eigenvalue weighted by atomic mass is 32.1. The molecular formula is C16H11NOS. The van der Waals surface area contributed by atoms with E-state index in [-0.39, 0.29) is 6.42 Å². The van der Waals surface area contributed by atoms with E-state index >= 15 is 0 Å². The number of carbonyl (C=O) groups excluding carboxylic acids is 1. The highest BCUT2D eigenvalue weighted by molar-refractivity contribution is 7.25. The number of fused-ring (bicyclic) bond motifs is 3. The second kappa shape index (κ2) is 4.75. The number of nitrogens with two attached hydrogens (primary N) is 1. The van der Waals surface area contributed by atoms with Crippen molar-refractivity contribution >= 4 is 37.4 Å². The fourth-order valence-corrected chi connectivity index (χ4v) is 3.12. The molecule has 2 nitrogen and oxygen atoms in total. The first-order chi connectivity index (χ1) is 9.24. The van der Waals surface area contributed by atoms with Crippen molar-refractivity contribution < 1.29 is 4.79 Å². The molecule has 2 N–H and O–H groups in total. The van der Waals surface area contributed by atoms with Crippen LogP contribution in [-0.2, 0) is 4.79 Å². The van der Waals surface area contributed by atoms with E-state index < -0.39 is 5.91 Å². The van der Waals surface area contributed by atoms with Gasteiger partial charge in [-0.05, 0) is 24.3 Å². The number of thiophene rings is 1. The van der Waals surface area contributed by atoms with Gasteiger partial charge in [0.15, 0.2) is 0 Å². The predicted octanol–water partition coefficient (Wildman–Crippen LogP) is 3.28. The van der Waals surface area contributed by atoms with Crippen molar-refractivity contribution in [1.82, 2.24) is 0 Å². The van der Waals surface area contributed by atoms with E-state index in [1.165, 1.54) is 20.2 Å². The van der Waals surface area contributed by atoms with E-state index in [0.29, 0.717) is 0 Å². The van der Waals surface area contributed by atoms with Crippen molar-refractivity contribution in [3.8, 4) is 11.8 Å². The second-order valence-electron chi connectivity index (χ2n) is 4.25. The number of carbonyl (C=O) groups is 1. The van der Waals surface area contributed by atoms with Gasteiger partial charge in [0, 0.05) is 25.7 Å². The Hall–Kier alpha value is -2.31. The Morgan fingerprint density at radius 3 is 2.74 bits per heavy atom. The van der Waals surface area contributed by atoms with Crippen LogP contribution in [0.2, 0.25) is 0 Å². The number of hydrogen-bond acceptors (Lipinski definition) is 2. The summed E-state index contributed by atoms with van der Waals surface area (Å²) in [6.07, 6.45) is 0.0996. The summed E-state index contributed by atoms with van der Waals surface area (Å²) >= 11 is 1.78. The zero-order valence-electron chi connectivity index (χ0n) is 10.1. The van der Waals surface area contributed by atoms with E-state index in [1.807, 2.05) is 18.2 Å². The fraction of sp³-hybridized carbons (Fsp3) is 0.0625. The molecule has 0 saturated heterocycles. The molecule has 0 aliphatic rings. The summed E-state index contributed by atoms with van der Waals surface area (Å²) < 4.78 is 2.53. The third-order valence-electron chi connectivity index (χ3n) is 2.87. The zero-order chi connectivity index (χ0) is 13.2. The third-order valence-corrected chi connectivity index (χ3v) is 4.02. The molecule has 3 heteroatoms. The molecular weight excluding hydrogens is 254 g/mol. The molecule has 0 fully saturated rings. The van der Waals surface area contributed by atoms with Crippen molar-refractivity contribution in [2.75, 3.05) is 0 Å². The summed E-state index contributed by atoms with van der Waals surface area (Å²) in [7, 11) is 0. The van der Waals surface area contributed by atoms with Gasteiger partial charge in [0.2, 0.25) is 5.91 Å². The Morgan fingerprint density at radius 1 is 1.11 bits per heavy atom. The SMILES string of the molecule is NC(=O)CC#Cc1ccc2sc3ccccc3c2c1. The lowest BCUT2D eigenvalue weighted by atomic mass is 10.1. The highest BCUT2D eigenvalue weighted by Crippen LogP contribution is 2.33. The molecule has 2 aromatic carbocycles. The predicted molar refractivity (Wildman–Crippen MR) is 80.0 cm³/mol. The molecule has 0 atom stereocenters. The molecule has 1 aromatic heterocycles. The van der Waals surface area contributed by atoms with Crippen LogP contribution in [-0.4, -0.2) is 5.91 Å². The van der Waals surface area contributed by atoms with Gasteiger partial charge in [-0.3, -0.25) is 4.79 Å². The molecule has 1 heterocycles. The van der Waals surface area contributed by atoms with Crippen LogP contribution in [0, 0.1) is 11.8 Å². The minimum Gasteiger partial charge on any atom is -0.369 e. The lowest BCUT2D eigenvalue weighted by Crippen LogP contribution is -2.08. The van der Waals surface area contributed by atoms with Crippen molar-refractivity contribution in [1.29, 1.82) is 0 Å². The van der Waals surface area contributed by atoms with Crippen LogP contribution in [0.4, 0.5) is 0 Å². The molecule has 1 amide bonds. The maximum Gasteiger partial charge on any atom is 0.229 e. The van der Waals surface area contributed by atoms with Gasteiger partial charge in [-0.15, -0.1) is 11.3 Å². The van der Waals surface area contributed by atoms with Crippen LogP contribution in [0.15, 0.2) is 42.5 Å². The smallest absolute Gasteiger partial charge is 0.229 e. The number of hydrogen-bond donors (Lipinski definition) is 1. The summed E-state index contributed by atoms with van der Waals surface area (Å²) in [5, 5.41) is 2.47. The van der Waals surface area contributed by atoms with E-state index in [2.05, 4.69) is 36.1 Å². The monoisotopic (exact) mass is 265 g/mol. The van der Waals surface area contributed by atoms with Gasteiger partial charge >= 0.3 is 0 Å². The Morgan fingerprint density at radius 2 is 1.89 bits per heavy atom. The molecule has 0 bridgehead atoms. The maximum absolute atomic E-state index is 10.7. The first-order valence-electron chi connectivity index (χ1n) is 5.92. The third kappa shape index (κ3) is 2.31.